The Labute approximate surface area is 169 Å². The predicted molar refractivity (Wildman–Crippen MR) is 105 cm³/mol. The van der Waals surface area contributed by atoms with E-state index in [0.29, 0.717) is 29.2 Å². The lowest BCUT2D eigenvalue weighted by atomic mass is 9.91. The summed E-state index contributed by atoms with van der Waals surface area (Å²) in [5, 5.41) is 9.33. The van der Waals surface area contributed by atoms with Gasteiger partial charge in [-0.3, -0.25) is 0 Å². The van der Waals surface area contributed by atoms with Crippen LogP contribution in [0.3, 0.4) is 0 Å². The summed E-state index contributed by atoms with van der Waals surface area (Å²) in [5.74, 6) is 2.71. The molecule has 2 heterocycles. The molecule has 146 valence electrons. The molecule has 1 aliphatic carbocycles. The standard InChI is InChI=1S/C21H22ClFN4O/c22-18-11-25-21(26-12-18)27-5-3-14(4-6-27)7-16-8-17(16)13-28-19-2-1-15(10-24)20(23)9-19/h1-2,9,11-12,14,16-17H,3-8,13H2. The van der Waals surface area contributed by atoms with Gasteiger partial charge in [0, 0.05) is 19.2 Å². The number of hydrogen-bond donors (Lipinski definition) is 0. The Morgan fingerprint density at radius 2 is 1.96 bits per heavy atom. The van der Waals surface area contributed by atoms with Gasteiger partial charge in [-0.2, -0.15) is 5.26 Å². The molecule has 1 saturated carbocycles. The molecule has 28 heavy (non-hydrogen) atoms. The van der Waals surface area contributed by atoms with Crippen LogP contribution in [0.15, 0.2) is 30.6 Å². The number of nitriles is 1. The van der Waals surface area contributed by atoms with E-state index in [1.54, 1.807) is 18.5 Å². The predicted octanol–water partition coefficient (Wildman–Crippen LogP) is 4.46. The first kappa shape index (κ1) is 18.9. The summed E-state index contributed by atoms with van der Waals surface area (Å²) < 4.78 is 19.4. The van der Waals surface area contributed by atoms with Crippen molar-refractivity contribution in [2.45, 2.75) is 25.7 Å². The molecule has 2 fully saturated rings. The van der Waals surface area contributed by atoms with E-state index in [0.717, 1.165) is 37.8 Å². The van der Waals surface area contributed by atoms with Gasteiger partial charge in [-0.15, -0.1) is 0 Å². The van der Waals surface area contributed by atoms with Crippen molar-refractivity contribution in [3.8, 4) is 11.8 Å². The highest BCUT2D eigenvalue weighted by Gasteiger charge is 2.39. The van der Waals surface area contributed by atoms with Crippen LogP contribution >= 0.6 is 11.6 Å². The van der Waals surface area contributed by atoms with Crippen LogP contribution in [0.25, 0.3) is 0 Å². The number of aromatic nitrogens is 2. The van der Waals surface area contributed by atoms with Gasteiger partial charge in [-0.1, -0.05) is 11.6 Å². The van der Waals surface area contributed by atoms with Crippen LogP contribution in [0.4, 0.5) is 10.3 Å². The van der Waals surface area contributed by atoms with Crippen LogP contribution < -0.4 is 9.64 Å². The number of nitrogens with zero attached hydrogens (tertiary/aromatic N) is 4. The summed E-state index contributed by atoms with van der Waals surface area (Å²) in [6, 6.07) is 6.24. The number of anilines is 1. The fraction of sp³-hybridized carbons (Fsp3) is 0.476. The van der Waals surface area contributed by atoms with E-state index in [4.69, 9.17) is 21.6 Å². The van der Waals surface area contributed by atoms with Gasteiger partial charge in [-0.05, 0) is 55.6 Å². The Kier molecular flexibility index (Phi) is 5.63. The summed E-state index contributed by atoms with van der Waals surface area (Å²) >= 11 is 5.85. The average molecular weight is 401 g/mol. The Bertz CT molecular complexity index is 862. The average Bonchev–Trinajstić information content (AvgIpc) is 3.45. The van der Waals surface area contributed by atoms with E-state index < -0.39 is 5.82 Å². The minimum absolute atomic E-state index is 0.0481. The summed E-state index contributed by atoms with van der Waals surface area (Å²) in [6.07, 6.45) is 7.99. The fourth-order valence-corrected chi connectivity index (χ4v) is 4.05. The maximum absolute atomic E-state index is 13.6. The molecular formula is C21H22ClFN4O. The lowest BCUT2D eigenvalue weighted by Gasteiger charge is -2.32. The zero-order valence-electron chi connectivity index (χ0n) is 15.5. The monoisotopic (exact) mass is 400 g/mol. The van der Waals surface area contributed by atoms with Crippen LogP contribution in [0.1, 0.15) is 31.2 Å². The van der Waals surface area contributed by atoms with E-state index in [1.807, 2.05) is 6.07 Å². The molecule has 1 aromatic heterocycles. The highest BCUT2D eigenvalue weighted by atomic mass is 35.5. The van der Waals surface area contributed by atoms with Crippen molar-refractivity contribution >= 4 is 17.5 Å². The molecule has 7 heteroatoms. The van der Waals surface area contributed by atoms with Gasteiger partial charge >= 0.3 is 0 Å². The first-order valence-electron chi connectivity index (χ1n) is 9.67. The molecule has 0 amide bonds. The van der Waals surface area contributed by atoms with Crippen LogP contribution in [-0.4, -0.2) is 29.7 Å². The highest BCUT2D eigenvalue weighted by molar-refractivity contribution is 6.30. The third kappa shape index (κ3) is 4.53. The van der Waals surface area contributed by atoms with Crippen molar-refractivity contribution in [3.63, 3.8) is 0 Å². The summed E-state index contributed by atoms with van der Waals surface area (Å²) in [4.78, 5) is 10.8. The molecule has 0 spiro atoms. The number of piperidine rings is 1. The second kappa shape index (κ2) is 8.32. The normalized spacial score (nSPS) is 22.0. The van der Waals surface area contributed by atoms with Crippen molar-refractivity contribution in [2.24, 2.45) is 17.8 Å². The number of ether oxygens (including phenoxy) is 1. The molecule has 0 N–H and O–H groups in total. The molecule has 4 rings (SSSR count). The Morgan fingerprint density at radius 1 is 1.21 bits per heavy atom. The topological polar surface area (TPSA) is 62.0 Å². The fourth-order valence-electron chi connectivity index (χ4n) is 3.95. The summed E-state index contributed by atoms with van der Waals surface area (Å²) in [7, 11) is 0. The quantitative estimate of drug-likeness (QED) is 0.716. The van der Waals surface area contributed by atoms with Crippen molar-refractivity contribution in [1.82, 2.24) is 9.97 Å². The second-order valence-electron chi connectivity index (χ2n) is 7.69. The SMILES string of the molecule is N#Cc1ccc(OCC2CC2CC2CCN(c3ncc(Cl)cn3)CC2)cc1F. The zero-order chi connectivity index (χ0) is 19.5. The smallest absolute Gasteiger partial charge is 0.225 e. The van der Waals surface area contributed by atoms with Crippen molar-refractivity contribution in [3.05, 3.63) is 47.0 Å². The van der Waals surface area contributed by atoms with E-state index in [1.165, 1.54) is 25.0 Å². The van der Waals surface area contributed by atoms with E-state index in [9.17, 15) is 4.39 Å². The molecule has 1 saturated heterocycles. The van der Waals surface area contributed by atoms with Crippen LogP contribution in [0.5, 0.6) is 5.75 Å². The molecule has 0 radical (unpaired) electrons. The van der Waals surface area contributed by atoms with Gasteiger partial charge in [0.25, 0.3) is 0 Å². The van der Waals surface area contributed by atoms with Gasteiger partial charge in [-0.25, -0.2) is 14.4 Å². The Morgan fingerprint density at radius 3 is 2.64 bits per heavy atom. The maximum atomic E-state index is 13.6. The molecule has 5 nitrogen and oxygen atoms in total. The van der Waals surface area contributed by atoms with E-state index >= 15 is 0 Å². The van der Waals surface area contributed by atoms with E-state index in [2.05, 4.69) is 14.9 Å². The third-order valence-corrected chi connectivity index (χ3v) is 5.93. The number of halogens is 2. The third-order valence-electron chi connectivity index (χ3n) is 5.73. The first-order chi connectivity index (χ1) is 13.6. The number of hydrogen-bond acceptors (Lipinski definition) is 5. The largest absolute Gasteiger partial charge is 0.493 e. The number of rotatable bonds is 6. The molecular weight excluding hydrogens is 379 g/mol. The minimum Gasteiger partial charge on any atom is -0.493 e. The van der Waals surface area contributed by atoms with Crippen LogP contribution in [0.2, 0.25) is 5.02 Å². The molecule has 2 aliphatic rings. The molecule has 1 aliphatic heterocycles. The molecule has 2 atom stereocenters. The molecule has 0 bridgehead atoms. The lowest BCUT2D eigenvalue weighted by Crippen LogP contribution is -2.35. The zero-order valence-corrected chi connectivity index (χ0v) is 16.3. The Hall–Kier alpha value is -2.39. The van der Waals surface area contributed by atoms with Crippen LogP contribution in [0, 0.1) is 34.9 Å². The van der Waals surface area contributed by atoms with Crippen molar-refractivity contribution < 1.29 is 9.13 Å². The van der Waals surface area contributed by atoms with Crippen molar-refractivity contribution in [1.29, 1.82) is 5.26 Å². The second-order valence-corrected chi connectivity index (χ2v) is 8.12. The van der Waals surface area contributed by atoms with Gasteiger partial charge in [0.15, 0.2) is 0 Å². The minimum atomic E-state index is -0.524. The van der Waals surface area contributed by atoms with Gasteiger partial charge < -0.3 is 9.64 Å². The summed E-state index contributed by atoms with van der Waals surface area (Å²) in [6.45, 7) is 2.57. The molecule has 1 aromatic carbocycles. The van der Waals surface area contributed by atoms with Crippen LogP contribution in [-0.2, 0) is 0 Å². The molecule has 2 aromatic rings. The maximum Gasteiger partial charge on any atom is 0.225 e. The summed E-state index contributed by atoms with van der Waals surface area (Å²) in [5.41, 5.74) is 0.0481. The van der Waals surface area contributed by atoms with Crippen molar-refractivity contribution in [2.75, 3.05) is 24.6 Å². The molecule has 2 unspecified atom stereocenters. The lowest BCUT2D eigenvalue weighted by molar-refractivity contribution is 0.278. The highest BCUT2D eigenvalue weighted by Crippen LogP contribution is 2.45. The van der Waals surface area contributed by atoms with Gasteiger partial charge in [0.2, 0.25) is 5.95 Å². The Balaban J connectivity index is 1.18. The first-order valence-corrected chi connectivity index (χ1v) is 10.0. The van der Waals surface area contributed by atoms with Gasteiger partial charge in [0.1, 0.15) is 17.6 Å². The van der Waals surface area contributed by atoms with Gasteiger partial charge in [0.05, 0.1) is 29.6 Å². The number of benzene rings is 1. The van der Waals surface area contributed by atoms with E-state index in [-0.39, 0.29) is 5.56 Å².